The van der Waals surface area contributed by atoms with E-state index in [0.29, 0.717) is 0 Å². The minimum Gasteiger partial charge on any atom is -0.399 e. The second-order valence-electron chi connectivity index (χ2n) is 13.0. The van der Waals surface area contributed by atoms with E-state index in [2.05, 4.69) is 114 Å². The van der Waals surface area contributed by atoms with Gasteiger partial charge in [-0.2, -0.15) is 0 Å². The van der Waals surface area contributed by atoms with Crippen molar-refractivity contribution in [3.05, 3.63) is 206 Å². The summed E-state index contributed by atoms with van der Waals surface area (Å²) in [5, 5.41) is 21.5. The Morgan fingerprint density at radius 3 is 1.74 bits per heavy atom. The first kappa shape index (κ1) is 33.0. The highest BCUT2D eigenvalue weighted by Crippen LogP contribution is 2.37. The molecular weight excluding hydrogens is 645 g/mol. The highest BCUT2D eigenvalue weighted by Gasteiger charge is 2.21. The summed E-state index contributed by atoms with van der Waals surface area (Å²) in [5.41, 5.74) is 18.0. The Labute approximate surface area is 309 Å². The third kappa shape index (κ3) is 6.82. The summed E-state index contributed by atoms with van der Waals surface area (Å²) in [6, 6.07) is 58.0. The van der Waals surface area contributed by atoms with Crippen LogP contribution in [0.25, 0.3) is 66.1 Å². The van der Waals surface area contributed by atoms with Crippen LogP contribution in [0.15, 0.2) is 194 Å². The Kier molecular flexibility index (Phi) is 9.08. The van der Waals surface area contributed by atoms with Crippen molar-refractivity contribution < 1.29 is 0 Å². The average Bonchev–Trinajstić information content (AvgIpc) is 3.22. The molecule has 0 fully saturated rings. The lowest BCUT2D eigenvalue weighted by Crippen LogP contribution is -2.16. The fourth-order valence-corrected chi connectivity index (χ4v) is 6.98. The van der Waals surface area contributed by atoms with Crippen molar-refractivity contribution in [2.24, 2.45) is 0 Å². The Morgan fingerprint density at radius 2 is 1.04 bits per heavy atom. The molecule has 4 heteroatoms. The summed E-state index contributed by atoms with van der Waals surface area (Å²) in [5.74, 6) is 0. The Hall–Kier alpha value is -7.17. The zero-order chi connectivity index (χ0) is 36.1. The van der Waals surface area contributed by atoms with Crippen molar-refractivity contribution in [3.63, 3.8) is 0 Å². The third-order valence-corrected chi connectivity index (χ3v) is 9.64. The molecule has 53 heavy (non-hydrogen) atoms. The van der Waals surface area contributed by atoms with E-state index in [-0.39, 0.29) is 11.4 Å². The van der Waals surface area contributed by atoms with Crippen LogP contribution < -0.4 is 5.73 Å². The molecule has 0 bridgehead atoms. The van der Waals surface area contributed by atoms with Gasteiger partial charge in [0.15, 0.2) is 0 Å². The molecule has 9 rings (SSSR count). The largest absolute Gasteiger partial charge is 0.399 e. The van der Waals surface area contributed by atoms with Crippen molar-refractivity contribution in [1.29, 1.82) is 10.8 Å². The van der Waals surface area contributed by atoms with Gasteiger partial charge in [0.2, 0.25) is 0 Å². The molecule has 0 spiro atoms. The molecule has 0 unspecified atom stereocenters. The van der Waals surface area contributed by atoms with Crippen LogP contribution in [-0.4, -0.2) is 16.4 Å². The van der Waals surface area contributed by atoms with Crippen molar-refractivity contribution in [2.45, 2.75) is 0 Å². The minimum atomic E-state index is 0.244. The SMILES string of the molecule is N=C1C=C(c2cccc3ccccc23)C=C(c2cccc3ccccc23)C1=N.Nc1ccc(-c2ccc(-c3ccccc3)c(-c3cccnc3)c2)cc1. The Morgan fingerprint density at radius 1 is 0.434 bits per heavy atom. The second-order valence-corrected chi connectivity index (χ2v) is 13.0. The van der Waals surface area contributed by atoms with Crippen LogP contribution in [0.5, 0.6) is 0 Å². The van der Waals surface area contributed by atoms with Gasteiger partial charge in [0.1, 0.15) is 0 Å². The molecule has 1 aliphatic carbocycles. The molecule has 4 nitrogen and oxygen atoms in total. The van der Waals surface area contributed by atoms with Gasteiger partial charge in [-0.1, -0.05) is 146 Å². The number of anilines is 1. The number of pyridine rings is 1. The number of nitrogens with zero attached hydrogens (tertiary/aromatic N) is 1. The lowest BCUT2D eigenvalue weighted by molar-refractivity contribution is 1.33. The Balaban J connectivity index is 0.000000152. The van der Waals surface area contributed by atoms with Crippen LogP contribution in [-0.2, 0) is 0 Å². The molecule has 4 N–H and O–H groups in total. The Bertz CT molecular complexity index is 2680. The van der Waals surface area contributed by atoms with Crippen molar-refractivity contribution >= 4 is 49.8 Å². The number of fused-ring (bicyclic) bond motifs is 2. The molecule has 252 valence electrons. The van der Waals surface area contributed by atoms with Crippen LogP contribution in [0, 0.1) is 10.8 Å². The van der Waals surface area contributed by atoms with Crippen LogP contribution in [0.2, 0.25) is 0 Å². The first-order chi connectivity index (χ1) is 26.0. The predicted molar refractivity (Wildman–Crippen MR) is 224 cm³/mol. The number of nitrogen functional groups attached to an aromatic ring is 1. The van der Waals surface area contributed by atoms with Gasteiger partial charge in [-0.15, -0.1) is 0 Å². The molecule has 0 saturated heterocycles. The normalized spacial score (nSPS) is 12.5. The quantitative estimate of drug-likeness (QED) is 0.125. The molecule has 0 amide bonds. The molecule has 7 aromatic carbocycles. The number of hydrogen-bond donors (Lipinski definition) is 3. The maximum atomic E-state index is 8.54. The summed E-state index contributed by atoms with van der Waals surface area (Å²) >= 11 is 0. The minimum absolute atomic E-state index is 0.244. The van der Waals surface area contributed by atoms with Crippen LogP contribution in [0.3, 0.4) is 0 Å². The molecule has 0 atom stereocenters. The smallest absolute Gasteiger partial charge is 0.0868 e. The van der Waals surface area contributed by atoms with Crippen molar-refractivity contribution in [2.75, 3.05) is 5.73 Å². The first-order valence-corrected chi connectivity index (χ1v) is 17.6. The van der Waals surface area contributed by atoms with E-state index in [0.717, 1.165) is 55.2 Å². The number of nitrogens with one attached hydrogen (secondary N) is 2. The molecule has 0 aliphatic heterocycles. The number of rotatable bonds is 5. The van der Waals surface area contributed by atoms with E-state index in [1.165, 1.54) is 27.6 Å². The van der Waals surface area contributed by atoms with E-state index in [4.69, 9.17) is 16.6 Å². The molecular formula is C49H36N4. The van der Waals surface area contributed by atoms with E-state index in [9.17, 15) is 0 Å². The second kappa shape index (κ2) is 14.6. The van der Waals surface area contributed by atoms with Crippen LogP contribution in [0.1, 0.15) is 11.1 Å². The standard InChI is InChI=1S/C26H18N2.C23H18N2/c27-25-16-19(22-13-5-9-17-7-1-3-11-20(17)22)15-24(26(25)28)23-14-6-10-18-8-2-4-12-21(18)23;24-21-11-8-17(9-12-21)19-10-13-22(18-5-2-1-3-6-18)23(15-19)20-7-4-14-25-16-20/h1-16,27-28H;1-16H,24H2. The maximum absolute atomic E-state index is 8.54. The van der Waals surface area contributed by atoms with Gasteiger partial charge in [-0.3, -0.25) is 15.8 Å². The van der Waals surface area contributed by atoms with Gasteiger partial charge in [0.05, 0.1) is 11.4 Å². The highest BCUT2D eigenvalue weighted by molar-refractivity contribution is 6.62. The molecule has 1 aromatic heterocycles. The zero-order valence-electron chi connectivity index (χ0n) is 29.0. The molecule has 1 heterocycles. The third-order valence-electron chi connectivity index (χ3n) is 9.64. The molecule has 0 saturated carbocycles. The average molecular weight is 681 g/mol. The van der Waals surface area contributed by atoms with Crippen LogP contribution in [0.4, 0.5) is 5.69 Å². The first-order valence-electron chi connectivity index (χ1n) is 17.6. The summed E-state index contributed by atoms with van der Waals surface area (Å²) in [6.07, 6.45) is 7.58. The number of benzene rings is 7. The van der Waals surface area contributed by atoms with E-state index < -0.39 is 0 Å². The van der Waals surface area contributed by atoms with Gasteiger partial charge in [0, 0.05) is 29.2 Å². The van der Waals surface area contributed by atoms with Crippen LogP contribution >= 0.6 is 0 Å². The summed E-state index contributed by atoms with van der Waals surface area (Å²) < 4.78 is 0. The maximum Gasteiger partial charge on any atom is 0.0868 e. The monoisotopic (exact) mass is 680 g/mol. The molecule has 1 aliphatic rings. The highest BCUT2D eigenvalue weighted by atomic mass is 14.6. The summed E-state index contributed by atoms with van der Waals surface area (Å²) in [4.78, 5) is 4.29. The van der Waals surface area contributed by atoms with Gasteiger partial charge in [0.25, 0.3) is 0 Å². The number of allylic oxidation sites excluding steroid dienone is 4. The van der Waals surface area contributed by atoms with Gasteiger partial charge in [-0.05, 0) is 102 Å². The summed E-state index contributed by atoms with van der Waals surface area (Å²) in [7, 11) is 0. The topological polar surface area (TPSA) is 86.6 Å². The van der Waals surface area contributed by atoms with Gasteiger partial charge in [-0.25, -0.2) is 0 Å². The number of nitrogens with two attached hydrogens (primary N) is 1. The lowest BCUT2D eigenvalue weighted by Gasteiger charge is -2.19. The van der Waals surface area contributed by atoms with E-state index in [1.807, 2.05) is 72.9 Å². The fraction of sp³-hybridized carbons (Fsp3) is 0. The summed E-state index contributed by atoms with van der Waals surface area (Å²) in [6.45, 7) is 0. The zero-order valence-corrected chi connectivity index (χ0v) is 29.0. The van der Waals surface area contributed by atoms with E-state index in [1.54, 1.807) is 12.3 Å². The van der Waals surface area contributed by atoms with Crippen molar-refractivity contribution in [3.8, 4) is 33.4 Å². The van der Waals surface area contributed by atoms with Gasteiger partial charge >= 0.3 is 0 Å². The molecule has 0 radical (unpaired) electrons. The molecule has 8 aromatic rings. The number of aromatic nitrogens is 1. The van der Waals surface area contributed by atoms with Gasteiger partial charge < -0.3 is 5.73 Å². The predicted octanol–water partition coefficient (Wildman–Crippen LogP) is 12.2. The van der Waals surface area contributed by atoms with E-state index >= 15 is 0 Å². The lowest BCUT2D eigenvalue weighted by atomic mass is 9.85. The van der Waals surface area contributed by atoms with Crippen molar-refractivity contribution in [1.82, 2.24) is 4.98 Å². The fourth-order valence-electron chi connectivity index (χ4n) is 6.98. The number of hydrogen-bond acceptors (Lipinski definition) is 4.